The van der Waals surface area contributed by atoms with Crippen LogP contribution in [0.5, 0.6) is 5.75 Å². The summed E-state index contributed by atoms with van der Waals surface area (Å²) < 4.78 is 11.3. The highest BCUT2D eigenvalue weighted by molar-refractivity contribution is 6.35. The number of hydrogen-bond acceptors (Lipinski definition) is 5. The molecule has 0 saturated heterocycles. The van der Waals surface area contributed by atoms with E-state index >= 15 is 0 Å². The number of carboxylic acid groups (broad SMARTS) is 1. The van der Waals surface area contributed by atoms with Crippen molar-refractivity contribution in [2.45, 2.75) is 13.3 Å². The van der Waals surface area contributed by atoms with Crippen LogP contribution in [0.4, 0.5) is 0 Å². The Bertz CT molecular complexity index is 1450. The van der Waals surface area contributed by atoms with Gasteiger partial charge in [-0.2, -0.15) is 0 Å². The molecule has 4 rings (SSSR count). The highest BCUT2D eigenvalue weighted by Crippen LogP contribution is 2.36. The zero-order valence-electron chi connectivity index (χ0n) is 19.6. The summed E-state index contributed by atoms with van der Waals surface area (Å²) in [5.41, 5.74) is 3.10. The molecule has 1 heterocycles. The minimum absolute atomic E-state index is 0.151. The van der Waals surface area contributed by atoms with E-state index in [9.17, 15) is 9.59 Å². The molecule has 37 heavy (non-hydrogen) atoms. The smallest absolute Gasteiger partial charge is 0.307 e. The number of carbonyl (C=O) groups excluding carboxylic acids is 1. The third-order valence-corrected chi connectivity index (χ3v) is 6.26. The van der Waals surface area contributed by atoms with Gasteiger partial charge in [0.2, 0.25) is 0 Å². The van der Waals surface area contributed by atoms with Crippen molar-refractivity contribution in [2.24, 2.45) is 0 Å². The van der Waals surface area contributed by atoms with Crippen LogP contribution in [0.1, 0.15) is 21.5 Å². The van der Waals surface area contributed by atoms with Crippen molar-refractivity contribution in [2.75, 3.05) is 13.2 Å². The van der Waals surface area contributed by atoms with Gasteiger partial charge in [-0.15, -0.1) is 0 Å². The van der Waals surface area contributed by atoms with Gasteiger partial charge in [0.25, 0.3) is 5.91 Å². The Hall–Kier alpha value is -3.52. The molecule has 4 aromatic rings. The summed E-state index contributed by atoms with van der Waals surface area (Å²) >= 11 is 18.5. The predicted molar refractivity (Wildman–Crippen MR) is 143 cm³/mol. The summed E-state index contributed by atoms with van der Waals surface area (Å²) in [4.78, 5) is 24.4. The number of aliphatic carboxylic acids is 1. The van der Waals surface area contributed by atoms with Gasteiger partial charge in [0.1, 0.15) is 23.6 Å². The zero-order chi connectivity index (χ0) is 26.5. The highest BCUT2D eigenvalue weighted by Gasteiger charge is 2.26. The molecule has 0 atom stereocenters. The second-order valence-corrected chi connectivity index (χ2v) is 9.42. The second-order valence-electron chi connectivity index (χ2n) is 8.17. The van der Waals surface area contributed by atoms with E-state index in [0.29, 0.717) is 32.5 Å². The van der Waals surface area contributed by atoms with Crippen LogP contribution in [0.25, 0.3) is 22.6 Å². The zero-order valence-corrected chi connectivity index (χ0v) is 21.8. The Morgan fingerprint density at radius 3 is 2.43 bits per heavy atom. The minimum Gasteiger partial charge on any atom is -0.490 e. The molecular weight excluding hydrogens is 539 g/mol. The van der Waals surface area contributed by atoms with Crippen molar-refractivity contribution in [3.05, 3.63) is 92.4 Å². The molecule has 0 spiro atoms. The average Bonchev–Trinajstić information content (AvgIpc) is 3.28. The molecule has 0 aliphatic rings. The maximum absolute atomic E-state index is 13.4. The van der Waals surface area contributed by atoms with E-state index in [1.807, 2.05) is 31.2 Å². The lowest BCUT2D eigenvalue weighted by atomic mass is 9.99. The summed E-state index contributed by atoms with van der Waals surface area (Å²) in [6, 6.07) is 17.1. The molecule has 190 valence electrons. The van der Waals surface area contributed by atoms with Crippen LogP contribution in [0, 0.1) is 6.92 Å². The van der Waals surface area contributed by atoms with Crippen molar-refractivity contribution in [3.8, 4) is 28.3 Å². The van der Waals surface area contributed by atoms with Crippen LogP contribution in [-0.4, -0.2) is 35.3 Å². The van der Waals surface area contributed by atoms with Crippen molar-refractivity contribution in [3.63, 3.8) is 0 Å². The molecule has 0 aliphatic carbocycles. The van der Waals surface area contributed by atoms with E-state index < -0.39 is 11.9 Å². The van der Waals surface area contributed by atoms with Gasteiger partial charge >= 0.3 is 5.97 Å². The first-order chi connectivity index (χ1) is 17.7. The number of aryl methyl sites for hydroxylation is 1. The topological polar surface area (TPSA) is 102 Å². The van der Waals surface area contributed by atoms with Crippen LogP contribution in [0.2, 0.25) is 15.1 Å². The molecule has 1 amide bonds. The molecule has 0 aliphatic heterocycles. The predicted octanol–water partition coefficient (Wildman–Crippen LogP) is 6.71. The fourth-order valence-corrected chi connectivity index (χ4v) is 4.38. The molecule has 7 nitrogen and oxygen atoms in total. The maximum Gasteiger partial charge on any atom is 0.307 e. The van der Waals surface area contributed by atoms with Crippen LogP contribution < -0.4 is 10.1 Å². The Labute approximate surface area is 227 Å². The molecule has 2 N–H and O–H groups in total. The van der Waals surface area contributed by atoms with Crippen molar-refractivity contribution in [1.29, 1.82) is 0 Å². The number of aromatic nitrogens is 1. The lowest BCUT2D eigenvalue weighted by Crippen LogP contribution is -2.28. The van der Waals surface area contributed by atoms with E-state index in [1.165, 1.54) is 6.07 Å². The van der Waals surface area contributed by atoms with Gasteiger partial charge in [-0.05, 0) is 36.8 Å². The number of nitrogens with one attached hydrogen (secondary N) is 1. The number of amides is 1. The van der Waals surface area contributed by atoms with E-state index in [-0.39, 0.29) is 41.6 Å². The summed E-state index contributed by atoms with van der Waals surface area (Å²) in [6.45, 7) is 2.27. The molecular formula is C27H21Cl3N2O5. The third kappa shape index (κ3) is 6.43. The van der Waals surface area contributed by atoms with Crippen molar-refractivity contribution in [1.82, 2.24) is 10.5 Å². The van der Waals surface area contributed by atoms with Crippen molar-refractivity contribution >= 4 is 46.7 Å². The van der Waals surface area contributed by atoms with E-state index in [1.54, 1.807) is 30.3 Å². The number of rotatable bonds is 9. The average molecular weight is 560 g/mol. The summed E-state index contributed by atoms with van der Waals surface area (Å²) in [5, 5.41) is 17.1. The maximum atomic E-state index is 13.4. The first kappa shape index (κ1) is 26.5. The van der Waals surface area contributed by atoms with Gasteiger partial charge in [-0.1, -0.05) is 81.9 Å². The Morgan fingerprint density at radius 1 is 1.00 bits per heavy atom. The molecule has 0 bridgehead atoms. The lowest BCUT2D eigenvalue weighted by Gasteiger charge is -2.11. The number of ether oxygens (including phenoxy) is 1. The summed E-state index contributed by atoms with van der Waals surface area (Å²) in [5.74, 6) is -0.697. The largest absolute Gasteiger partial charge is 0.490 e. The first-order valence-electron chi connectivity index (χ1n) is 11.2. The Morgan fingerprint density at radius 2 is 1.76 bits per heavy atom. The number of carboxylic acids is 1. The fraction of sp³-hybridized carbons (Fsp3) is 0.148. The number of hydrogen-bond donors (Lipinski definition) is 2. The summed E-state index contributed by atoms with van der Waals surface area (Å²) in [7, 11) is 0. The van der Waals surface area contributed by atoms with E-state index in [4.69, 9.17) is 49.2 Å². The normalized spacial score (nSPS) is 10.8. The van der Waals surface area contributed by atoms with Gasteiger partial charge in [0.05, 0.1) is 23.0 Å². The van der Waals surface area contributed by atoms with E-state index in [0.717, 1.165) is 5.56 Å². The van der Waals surface area contributed by atoms with Gasteiger partial charge < -0.3 is 19.7 Å². The Balaban J connectivity index is 1.60. The third-order valence-electron chi connectivity index (χ3n) is 5.42. The monoisotopic (exact) mass is 558 g/mol. The minimum atomic E-state index is -0.978. The molecule has 1 aromatic heterocycles. The number of halogens is 3. The van der Waals surface area contributed by atoms with Crippen LogP contribution in [0.15, 0.2) is 65.2 Å². The van der Waals surface area contributed by atoms with Crippen molar-refractivity contribution < 1.29 is 24.0 Å². The SMILES string of the molecule is Cc1ccc(-c2onc(-c3ccc(CC(=O)O)cc3Cl)c2C(=O)NCCOc2ccc(Cl)cc2Cl)cc1. The summed E-state index contributed by atoms with van der Waals surface area (Å²) in [6.07, 6.45) is -0.182. The molecule has 3 aromatic carbocycles. The molecule has 0 unspecified atom stereocenters. The fourth-order valence-electron chi connectivity index (χ4n) is 3.63. The van der Waals surface area contributed by atoms with Crippen LogP contribution >= 0.6 is 34.8 Å². The van der Waals surface area contributed by atoms with Gasteiger partial charge in [-0.3, -0.25) is 9.59 Å². The second kappa shape index (κ2) is 11.7. The Kier molecular flexibility index (Phi) is 8.38. The molecule has 0 fully saturated rings. The van der Waals surface area contributed by atoms with Crippen LogP contribution in [-0.2, 0) is 11.2 Å². The molecule has 10 heteroatoms. The lowest BCUT2D eigenvalue weighted by molar-refractivity contribution is -0.136. The number of nitrogens with zero attached hydrogens (tertiary/aromatic N) is 1. The quantitative estimate of drug-likeness (QED) is 0.221. The molecule has 0 saturated carbocycles. The standard InChI is InChI=1S/C27H21Cl3N2O5/c1-15-2-5-17(6-3-15)26-24(27(35)31-10-11-36-22-9-7-18(28)14-21(22)30)25(32-37-26)19-8-4-16(12-20(19)29)13-23(33)34/h2-9,12,14H,10-11,13H2,1H3,(H,31,35)(H,33,34). The van der Waals surface area contributed by atoms with E-state index in [2.05, 4.69) is 10.5 Å². The number of carbonyl (C=O) groups is 2. The first-order valence-corrected chi connectivity index (χ1v) is 12.3. The van der Waals surface area contributed by atoms with Gasteiger partial charge in [0, 0.05) is 16.1 Å². The van der Waals surface area contributed by atoms with Gasteiger partial charge in [-0.25, -0.2) is 0 Å². The molecule has 0 radical (unpaired) electrons. The van der Waals surface area contributed by atoms with Gasteiger partial charge in [0.15, 0.2) is 5.76 Å². The van der Waals surface area contributed by atoms with Crippen LogP contribution in [0.3, 0.4) is 0 Å². The highest BCUT2D eigenvalue weighted by atomic mass is 35.5. The number of benzene rings is 3.